The van der Waals surface area contributed by atoms with Crippen molar-refractivity contribution >= 4 is 17.7 Å². The highest BCUT2D eigenvalue weighted by Crippen LogP contribution is 2.25. The number of nitrogens with zero attached hydrogens (tertiary/aromatic N) is 4. The van der Waals surface area contributed by atoms with Crippen molar-refractivity contribution < 1.29 is 13.9 Å². The number of furan rings is 1. The minimum Gasteiger partial charge on any atom is -0.461 e. The Labute approximate surface area is 179 Å². The molecule has 9 heteroatoms. The number of morpholine rings is 1. The highest BCUT2D eigenvalue weighted by Gasteiger charge is 2.18. The molecule has 3 heterocycles. The molecule has 1 aromatic carbocycles. The molecule has 30 heavy (non-hydrogen) atoms. The van der Waals surface area contributed by atoms with Gasteiger partial charge in [0.25, 0.3) is 0 Å². The monoisotopic (exact) mass is 427 g/mol. The molecule has 1 aliphatic rings. The lowest BCUT2D eigenvalue weighted by molar-refractivity contribution is -0.118. The number of aromatic nitrogens is 3. The first-order valence-electron chi connectivity index (χ1n) is 10.0. The first kappa shape index (κ1) is 20.6. The number of ether oxygens (including phenoxy) is 1. The summed E-state index contributed by atoms with van der Waals surface area (Å²) in [6, 6.07) is 13.8. The van der Waals surface area contributed by atoms with Gasteiger partial charge >= 0.3 is 0 Å². The van der Waals surface area contributed by atoms with Gasteiger partial charge in [0.2, 0.25) is 11.7 Å². The molecule has 1 amide bonds. The van der Waals surface area contributed by atoms with E-state index in [0.29, 0.717) is 29.8 Å². The van der Waals surface area contributed by atoms with Crippen molar-refractivity contribution in [3.05, 3.63) is 54.3 Å². The number of benzene rings is 1. The summed E-state index contributed by atoms with van der Waals surface area (Å²) in [7, 11) is 0. The molecule has 3 aromatic rings. The molecule has 0 aliphatic carbocycles. The van der Waals surface area contributed by atoms with E-state index < -0.39 is 0 Å². The molecule has 4 rings (SSSR count). The van der Waals surface area contributed by atoms with E-state index in [9.17, 15) is 4.79 Å². The quantitative estimate of drug-likeness (QED) is 0.524. The summed E-state index contributed by atoms with van der Waals surface area (Å²) in [5, 5.41) is 12.3. The van der Waals surface area contributed by atoms with Crippen LogP contribution < -0.4 is 5.32 Å². The number of nitrogens with one attached hydrogen (secondary N) is 1. The molecular formula is C21H25N5O3S. The van der Waals surface area contributed by atoms with Gasteiger partial charge in [-0.3, -0.25) is 14.3 Å². The van der Waals surface area contributed by atoms with E-state index in [1.54, 1.807) is 6.26 Å². The highest BCUT2D eigenvalue weighted by molar-refractivity contribution is 7.99. The summed E-state index contributed by atoms with van der Waals surface area (Å²) in [6.45, 7) is 5.44. The van der Waals surface area contributed by atoms with Crippen LogP contribution in [-0.2, 0) is 16.1 Å². The summed E-state index contributed by atoms with van der Waals surface area (Å²) in [5.41, 5.74) is 1.13. The second-order valence-corrected chi connectivity index (χ2v) is 7.89. The smallest absolute Gasteiger partial charge is 0.230 e. The van der Waals surface area contributed by atoms with Crippen LogP contribution in [0.2, 0.25) is 0 Å². The molecule has 1 aliphatic heterocycles. The molecule has 2 aromatic heterocycles. The summed E-state index contributed by atoms with van der Waals surface area (Å²) >= 11 is 1.38. The second-order valence-electron chi connectivity index (χ2n) is 6.95. The Balaban J connectivity index is 1.36. The largest absolute Gasteiger partial charge is 0.461 e. The van der Waals surface area contributed by atoms with Crippen LogP contribution in [-0.4, -0.2) is 70.7 Å². The van der Waals surface area contributed by atoms with Crippen LogP contribution >= 0.6 is 11.8 Å². The van der Waals surface area contributed by atoms with Gasteiger partial charge in [0, 0.05) is 26.2 Å². The van der Waals surface area contributed by atoms with Crippen molar-refractivity contribution in [1.29, 1.82) is 0 Å². The fourth-order valence-electron chi connectivity index (χ4n) is 3.25. The zero-order valence-corrected chi connectivity index (χ0v) is 17.5. The van der Waals surface area contributed by atoms with Gasteiger partial charge in [-0.15, -0.1) is 10.2 Å². The molecule has 8 nitrogen and oxygen atoms in total. The molecule has 0 saturated carbocycles. The van der Waals surface area contributed by atoms with Crippen LogP contribution in [0.4, 0.5) is 0 Å². The molecule has 0 unspecified atom stereocenters. The molecule has 158 valence electrons. The topological polar surface area (TPSA) is 85.4 Å². The average molecular weight is 428 g/mol. The molecule has 1 fully saturated rings. The Morgan fingerprint density at radius 1 is 1.10 bits per heavy atom. The maximum atomic E-state index is 12.3. The predicted octanol–water partition coefficient (Wildman–Crippen LogP) is 2.13. The molecule has 0 spiro atoms. The number of thioether (sulfide) groups is 1. The van der Waals surface area contributed by atoms with Crippen molar-refractivity contribution in [3.8, 4) is 11.6 Å². The maximum Gasteiger partial charge on any atom is 0.230 e. The molecule has 0 bridgehead atoms. The Bertz CT molecular complexity index is 924. The molecule has 1 N–H and O–H groups in total. The lowest BCUT2D eigenvalue weighted by atomic mass is 10.2. The molecule has 0 radical (unpaired) electrons. The van der Waals surface area contributed by atoms with Crippen molar-refractivity contribution in [2.75, 3.05) is 45.1 Å². The van der Waals surface area contributed by atoms with Gasteiger partial charge in [0.15, 0.2) is 10.9 Å². The minimum absolute atomic E-state index is 0.0120. The van der Waals surface area contributed by atoms with E-state index in [1.165, 1.54) is 11.8 Å². The number of carbonyl (C=O) groups is 1. The summed E-state index contributed by atoms with van der Waals surface area (Å²) in [5.74, 6) is 1.58. The van der Waals surface area contributed by atoms with Crippen molar-refractivity contribution in [1.82, 2.24) is 25.0 Å². The molecule has 0 atom stereocenters. The number of hydrogen-bond acceptors (Lipinski definition) is 7. The summed E-state index contributed by atoms with van der Waals surface area (Å²) < 4.78 is 12.9. The molecule has 1 saturated heterocycles. The van der Waals surface area contributed by atoms with Crippen molar-refractivity contribution in [3.63, 3.8) is 0 Å². The van der Waals surface area contributed by atoms with Gasteiger partial charge in [0.05, 0.1) is 31.8 Å². The van der Waals surface area contributed by atoms with Gasteiger partial charge in [-0.05, 0) is 17.7 Å². The van der Waals surface area contributed by atoms with E-state index in [2.05, 4.69) is 32.5 Å². The summed E-state index contributed by atoms with van der Waals surface area (Å²) in [6.07, 6.45) is 1.62. The van der Waals surface area contributed by atoms with Gasteiger partial charge in [-0.25, -0.2) is 0 Å². The Morgan fingerprint density at radius 2 is 1.93 bits per heavy atom. The van der Waals surface area contributed by atoms with Crippen molar-refractivity contribution in [2.24, 2.45) is 0 Å². The normalized spacial score (nSPS) is 14.7. The Hall–Kier alpha value is -2.62. The average Bonchev–Trinajstić information content (AvgIpc) is 3.44. The Kier molecular flexibility index (Phi) is 7.17. The SMILES string of the molecule is O=C(CSc1nnc(-c2ccco2)n1Cc1ccccc1)NCCN1CCOCC1. The second kappa shape index (κ2) is 10.4. The lowest BCUT2D eigenvalue weighted by Crippen LogP contribution is -2.41. The van der Waals surface area contributed by atoms with E-state index in [0.717, 1.165) is 38.4 Å². The van der Waals surface area contributed by atoms with Crippen LogP contribution in [0.3, 0.4) is 0 Å². The number of hydrogen-bond donors (Lipinski definition) is 1. The van der Waals surface area contributed by atoms with E-state index in [4.69, 9.17) is 9.15 Å². The van der Waals surface area contributed by atoms with Crippen LogP contribution in [0.15, 0.2) is 58.3 Å². The maximum absolute atomic E-state index is 12.3. The van der Waals surface area contributed by atoms with Gasteiger partial charge in [-0.2, -0.15) is 0 Å². The first-order valence-corrected chi connectivity index (χ1v) is 11.0. The predicted molar refractivity (Wildman–Crippen MR) is 114 cm³/mol. The van der Waals surface area contributed by atoms with Crippen LogP contribution in [0.5, 0.6) is 0 Å². The third-order valence-electron chi connectivity index (χ3n) is 4.83. The zero-order valence-electron chi connectivity index (χ0n) is 16.7. The van der Waals surface area contributed by atoms with Gasteiger partial charge in [-0.1, -0.05) is 42.1 Å². The van der Waals surface area contributed by atoms with E-state index in [-0.39, 0.29) is 11.7 Å². The Morgan fingerprint density at radius 3 is 2.70 bits per heavy atom. The first-order chi connectivity index (χ1) is 14.8. The number of carbonyl (C=O) groups excluding carboxylic acids is 1. The third-order valence-corrected chi connectivity index (χ3v) is 5.79. The molecular weight excluding hydrogens is 402 g/mol. The number of rotatable bonds is 9. The van der Waals surface area contributed by atoms with Gasteiger partial charge in [0.1, 0.15) is 0 Å². The third kappa shape index (κ3) is 5.50. The highest BCUT2D eigenvalue weighted by atomic mass is 32.2. The van der Waals surface area contributed by atoms with Crippen molar-refractivity contribution in [2.45, 2.75) is 11.7 Å². The summed E-state index contributed by atoms with van der Waals surface area (Å²) in [4.78, 5) is 14.6. The zero-order chi connectivity index (χ0) is 20.6. The van der Waals surface area contributed by atoms with Crippen LogP contribution in [0, 0.1) is 0 Å². The van der Waals surface area contributed by atoms with Crippen LogP contribution in [0.1, 0.15) is 5.56 Å². The lowest BCUT2D eigenvalue weighted by Gasteiger charge is -2.26. The standard InChI is InChI=1S/C21H25N5O3S/c27-19(22-8-9-25-10-13-28-14-11-25)16-30-21-24-23-20(18-7-4-12-29-18)26(21)15-17-5-2-1-3-6-17/h1-7,12H,8-11,13-16H2,(H,22,27). The van der Waals surface area contributed by atoms with Gasteiger partial charge < -0.3 is 14.5 Å². The minimum atomic E-state index is -0.0120. The van der Waals surface area contributed by atoms with Crippen LogP contribution in [0.25, 0.3) is 11.6 Å². The number of amides is 1. The fourth-order valence-corrected chi connectivity index (χ4v) is 4.02. The van der Waals surface area contributed by atoms with E-state index >= 15 is 0 Å². The fraction of sp³-hybridized carbons (Fsp3) is 0.381. The van der Waals surface area contributed by atoms with E-state index in [1.807, 2.05) is 34.9 Å².